The Morgan fingerprint density at radius 1 is 0.194 bits per heavy atom. The van der Waals surface area contributed by atoms with Crippen LogP contribution in [0, 0.1) is 5.41 Å². The summed E-state index contributed by atoms with van der Waals surface area (Å²) in [6.07, 6.45) is -37.4. The third-order valence-corrected chi connectivity index (χ3v) is 15.7. The van der Waals surface area contributed by atoms with E-state index >= 15 is 0 Å². The molecule has 0 aromatic heterocycles. The molecule has 0 saturated carbocycles. The van der Waals surface area contributed by atoms with E-state index in [4.69, 9.17) is 0 Å². The molecule has 63 heteroatoms. The molecule has 0 saturated heterocycles. The zero-order chi connectivity index (χ0) is 80.5. The van der Waals surface area contributed by atoms with Crippen molar-refractivity contribution < 1.29 is 262 Å². The lowest BCUT2D eigenvalue weighted by Gasteiger charge is -2.42. The van der Waals surface area contributed by atoms with Crippen LogP contribution in [0.5, 0.6) is 0 Å². The maximum absolute atomic E-state index is 14.5. The van der Waals surface area contributed by atoms with E-state index in [0.29, 0.717) is 0 Å². The molecular weight excluding hydrogens is 1630 g/mol. The largest absolute Gasteiger partial charge is 0.460 e. The van der Waals surface area contributed by atoms with Gasteiger partial charge in [-0.25, -0.2) is 0 Å². The van der Waals surface area contributed by atoms with Crippen molar-refractivity contribution in [2.45, 2.75) is 169 Å². The fourth-order valence-electron chi connectivity index (χ4n) is 5.82. The van der Waals surface area contributed by atoms with Crippen molar-refractivity contribution >= 4 is 30.4 Å². The van der Waals surface area contributed by atoms with Crippen LogP contribution in [0.4, 0.5) is 224 Å². The number of rotatable bonds is 36. The van der Waals surface area contributed by atoms with Crippen molar-refractivity contribution in [3.8, 4) is 0 Å². The van der Waals surface area contributed by atoms with Gasteiger partial charge in [0.15, 0.2) is 0 Å². The smallest absolute Gasteiger partial charge is 0.269 e. The van der Waals surface area contributed by atoms with E-state index in [-0.39, 0.29) is 0 Å². The van der Waals surface area contributed by atoms with Crippen LogP contribution in [0.2, 0.25) is 0 Å². The minimum Gasteiger partial charge on any atom is -0.269 e. The summed E-state index contributed by atoms with van der Waals surface area (Å²) in [5.74, 6) is -198. The number of hydrogen-bond donors (Lipinski definition) is 0. The van der Waals surface area contributed by atoms with Crippen LogP contribution in [0.3, 0.4) is 0 Å². The third kappa shape index (κ3) is 14.8. The van der Waals surface area contributed by atoms with Crippen LogP contribution in [0.15, 0.2) is 0 Å². The van der Waals surface area contributed by atoms with Crippen LogP contribution in [-0.2, 0) is 42.9 Å². The highest BCUT2D eigenvalue weighted by atomic mass is 32.2. The quantitative estimate of drug-likeness (QED) is 0.0444. The molecule has 0 aromatic rings. The number of alkyl halides is 51. The van der Waals surface area contributed by atoms with Gasteiger partial charge >= 0.3 is 143 Å². The first-order chi connectivity index (χ1) is 41.5. The normalized spacial score (nSPS) is 16.9. The van der Waals surface area contributed by atoms with Crippen molar-refractivity contribution in [3.63, 3.8) is 0 Å². The zero-order valence-electron chi connectivity index (χ0n) is 44.0. The third-order valence-electron chi connectivity index (χ3n) is 12.1. The van der Waals surface area contributed by atoms with Crippen LogP contribution < -0.4 is 0 Å². The standard InChI is InChI=1S/C35H21F51O9S3/c1-11(8-93-96(87,88)5-2-12(36,37)15(42,43)18(48,49)21(54,55)24(60,61)27(66,67)30(72,73)33(78,79)80,9-94-97(89,90)6-3-13(38,39)16(44,45)19(50,51)22(56,57)25(62,63)28(68,69)31(74,75)34(81,82)83)10-95-98(91,92)7-4-14(40,41)17(46,47)20(52,53)23(58,59)26(64,65)29(70,71)32(76,77)35(84,85)86/h2-10H2,1H3. The first kappa shape index (κ1) is 94.2. The van der Waals surface area contributed by atoms with E-state index in [1.165, 1.54) is 0 Å². The lowest BCUT2D eigenvalue weighted by Crippen LogP contribution is -2.74. The summed E-state index contributed by atoms with van der Waals surface area (Å²) < 4.78 is 781. The highest BCUT2D eigenvalue weighted by molar-refractivity contribution is 7.87. The molecule has 0 amide bonds. The van der Waals surface area contributed by atoms with E-state index in [9.17, 15) is 249 Å². The van der Waals surface area contributed by atoms with E-state index < -0.39 is 242 Å². The van der Waals surface area contributed by atoms with Gasteiger partial charge in [-0.1, -0.05) is 6.92 Å². The summed E-state index contributed by atoms with van der Waals surface area (Å²) in [5, 5.41) is 0. The van der Waals surface area contributed by atoms with Gasteiger partial charge in [-0.3, -0.25) is 12.5 Å². The molecule has 0 heterocycles. The molecule has 0 aliphatic heterocycles. The molecule has 0 aliphatic carbocycles. The molecule has 0 rings (SSSR count). The van der Waals surface area contributed by atoms with E-state index in [2.05, 4.69) is 12.5 Å². The van der Waals surface area contributed by atoms with Crippen molar-refractivity contribution in [1.82, 2.24) is 0 Å². The summed E-state index contributed by atoms with van der Waals surface area (Å²) in [4.78, 5) is 0. The van der Waals surface area contributed by atoms with E-state index in [1.807, 2.05) is 0 Å². The Morgan fingerprint density at radius 3 is 0.429 bits per heavy atom. The van der Waals surface area contributed by atoms with Gasteiger partial charge in [0.1, 0.15) is 0 Å². The first-order valence-electron chi connectivity index (χ1n) is 22.2. The Kier molecular flexibility index (Phi) is 24.5. The van der Waals surface area contributed by atoms with Gasteiger partial charge in [-0.15, -0.1) is 0 Å². The van der Waals surface area contributed by atoms with Crippen molar-refractivity contribution in [3.05, 3.63) is 0 Å². The second kappa shape index (κ2) is 25.5. The molecular formula is C35H21F51O9S3. The van der Waals surface area contributed by atoms with E-state index in [0.717, 1.165) is 0 Å². The molecule has 0 spiro atoms. The van der Waals surface area contributed by atoms with Gasteiger partial charge in [-0.05, 0) is 0 Å². The second-order valence-corrected chi connectivity index (χ2v) is 24.9. The van der Waals surface area contributed by atoms with Gasteiger partial charge in [0.05, 0.1) is 37.1 Å². The van der Waals surface area contributed by atoms with Crippen LogP contribution in [-0.4, -0.2) is 205 Å². The Morgan fingerprint density at radius 2 is 0.306 bits per heavy atom. The molecule has 9 nitrogen and oxygen atoms in total. The fraction of sp³-hybridized carbons (Fsp3) is 1.00. The molecule has 0 fully saturated rings. The Balaban J connectivity index is 7.75. The predicted octanol–water partition coefficient (Wildman–Crippen LogP) is 16.2. The monoisotopic (exact) mass is 1650 g/mol. The maximum atomic E-state index is 14.5. The van der Waals surface area contributed by atoms with Crippen LogP contribution >= 0.6 is 0 Å². The summed E-state index contributed by atoms with van der Waals surface area (Å²) in [5.41, 5.74) is -4.11. The number of hydrogen-bond acceptors (Lipinski definition) is 9. The average Bonchev–Trinajstić information content (AvgIpc) is 0.707. The van der Waals surface area contributed by atoms with Gasteiger partial charge < -0.3 is 0 Å². The number of halogens is 51. The molecule has 0 aromatic carbocycles. The van der Waals surface area contributed by atoms with E-state index in [1.54, 1.807) is 0 Å². The van der Waals surface area contributed by atoms with Gasteiger partial charge in [-0.2, -0.15) is 249 Å². The summed E-state index contributed by atoms with van der Waals surface area (Å²) in [6, 6.07) is 0. The minimum atomic E-state index is -9.40. The summed E-state index contributed by atoms with van der Waals surface area (Å²) in [7, 11) is -21.2. The Hall–Kier alpha value is -3.84. The molecule has 0 aliphatic rings. The highest BCUT2D eigenvalue weighted by Crippen LogP contribution is 2.68. The lowest BCUT2D eigenvalue weighted by molar-refractivity contribution is -0.461. The highest BCUT2D eigenvalue weighted by Gasteiger charge is 2.98. The molecule has 590 valence electrons. The average molecular weight is 1650 g/mol. The molecule has 0 atom stereocenters. The van der Waals surface area contributed by atoms with Crippen molar-refractivity contribution in [2.24, 2.45) is 5.41 Å². The first-order valence-corrected chi connectivity index (χ1v) is 27.0. The zero-order valence-corrected chi connectivity index (χ0v) is 46.5. The minimum absolute atomic E-state index is 0.523. The maximum Gasteiger partial charge on any atom is 0.460 e. The van der Waals surface area contributed by atoms with Crippen molar-refractivity contribution in [1.29, 1.82) is 0 Å². The second-order valence-electron chi connectivity index (χ2n) is 19.6. The lowest BCUT2D eigenvalue weighted by atomic mass is 9.88. The van der Waals surface area contributed by atoms with Gasteiger partial charge in [0, 0.05) is 24.7 Å². The molecule has 0 N–H and O–H groups in total. The van der Waals surface area contributed by atoms with Crippen LogP contribution in [0.25, 0.3) is 0 Å². The van der Waals surface area contributed by atoms with Gasteiger partial charge in [0.25, 0.3) is 30.4 Å². The predicted molar refractivity (Wildman–Crippen MR) is 203 cm³/mol. The molecule has 0 unspecified atom stereocenters. The van der Waals surface area contributed by atoms with Crippen molar-refractivity contribution in [2.75, 3.05) is 37.1 Å². The molecule has 0 bridgehead atoms. The topological polar surface area (TPSA) is 130 Å². The Bertz CT molecular complexity index is 2810. The Labute approximate surface area is 503 Å². The van der Waals surface area contributed by atoms with Crippen LogP contribution in [0.1, 0.15) is 26.2 Å². The fourth-order valence-corrected chi connectivity index (χ4v) is 9.08. The van der Waals surface area contributed by atoms with Gasteiger partial charge in [0.2, 0.25) is 0 Å². The summed E-state index contributed by atoms with van der Waals surface area (Å²) in [6.45, 7) is -9.62. The summed E-state index contributed by atoms with van der Waals surface area (Å²) >= 11 is 0. The molecule has 98 heavy (non-hydrogen) atoms. The SMILES string of the molecule is CC(COS(=O)(=O)CCC(F)(F)C(F)(F)C(F)(F)C(F)(F)C(F)(F)C(F)(F)C(F)(F)C(F)(F)F)(COS(=O)(=O)CCC(F)(F)C(F)(F)C(F)(F)C(F)(F)C(F)(F)C(F)(F)C(F)(F)C(F)(F)F)COS(=O)(=O)CCC(F)(F)C(F)(F)C(F)(F)C(F)(F)C(F)(F)C(F)(F)C(F)(F)C(F)(F)F. The molecule has 0 radical (unpaired) electrons.